The molecule has 4 N–H and O–H groups in total. The lowest BCUT2D eigenvalue weighted by Gasteiger charge is -2.11. The van der Waals surface area contributed by atoms with E-state index in [1.54, 1.807) is 0 Å². The van der Waals surface area contributed by atoms with Crippen LogP contribution in [0.3, 0.4) is 0 Å². The van der Waals surface area contributed by atoms with Crippen LogP contribution in [0.5, 0.6) is 0 Å². The van der Waals surface area contributed by atoms with Crippen LogP contribution in [0.1, 0.15) is 6.92 Å². The largest absolute Gasteiger partial charge is 0.394 e. The van der Waals surface area contributed by atoms with Gasteiger partial charge in [-0.25, -0.2) is 0 Å². The Bertz CT molecular complexity index is 104. The normalized spacial score (nSPS) is 16.8. The van der Waals surface area contributed by atoms with Crippen LogP contribution in [0.2, 0.25) is 0 Å². The van der Waals surface area contributed by atoms with Crippen molar-refractivity contribution in [1.29, 1.82) is 0 Å². The van der Waals surface area contributed by atoms with E-state index in [4.69, 9.17) is 15.9 Å². The summed E-state index contributed by atoms with van der Waals surface area (Å²) in [6.45, 7) is 1.04. The maximum absolute atomic E-state index is 10.3. The third-order valence-corrected chi connectivity index (χ3v) is 1.21. The molecule has 0 aromatic rings. The molecule has 0 aliphatic rings. The van der Waals surface area contributed by atoms with Gasteiger partial charge in [0.2, 0.25) is 5.91 Å². The number of carbonyl (C=O) groups excluding carboxylic acids is 1. The van der Waals surface area contributed by atoms with Crippen LogP contribution < -0.4 is 5.73 Å². The smallest absolute Gasteiger partial charge is 0.222 e. The molecular weight excluding hydrogens is 122 g/mol. The van der Waals surface area contributed by atoms with E-state index in [0.717, 1.165) is 0 Å². The first-order chi connectivity index (χ1) is 4.09. The van der Waals surface area contributed by atoms with Gasteiger partial charge in [-0.15, -0.1) is 0 Å². The van der Waals surface area contributed by atoms with Gasteiger partial charge < -0.3 is 15.9 Å². The number of hydrogen-bond donors (Lipinski definition) is 3. The van der Waals surface area contributed by atoms with E-state index < -0.39 is 24.5 Å². The van der Waals surface area contributed by atoms with Gasteiger partial charge in [-0.3, -0.25) is 4.79 Å². The van der Waals surface area contributed by atoms with Crippen LogP contribution >= 0.6 is 0 Å². The van der Waals surface area contributed by atoms with E-state index in [9.17, 15) is 4.79 Å². The lowest BCUT2D eigenvalue weighted by molar-refractivity contribution is -0.125. The van der Waals surface area contributed by atoms with E-state index in [-0.39, 0.29) is 0 Å². The molecule has 0 aromatic carbocycles. The number of carbonyl (C=O) groups is 1. The zero-order chi connectivity index (χ0) is 7.44. The van der Waals surface area contributed by atoms with Gasteiger partial charge in [0.1, 0.15) is 0 Å². The second-order valence-corrected chi connectivity index (χ2v) is 1.94. The van der Waals surface area contributed by atoms with Crippen molar-refractivity contribution in [2.45, 2.75) is 13.0 Å². The zero-order valence-corrected chi connectivity index (χ0v) is 5.24. The molecular formula is C5H11NO3. The Kier molecular flexibility index (Phi) is 3.19. The standard InChI is InChI=1S/C5H11NO3/c1-3(5(6)9)4(8)2-7/h3-4,7-8H,2H2,1H3,(H2,6,9). The molecule has 0 fully saturated rings. The summed E-state index contributed by atoms with van der Waals surface area (Å²) in [4.78, 5) is 10.3. The van der Waals surface area contributed by atoms with E-state index in [0.29, 0.717) is 0 Å². The van der Waals surface area contributed by atoms with Gasteiger partial charge in [0.25, 0.3) is 0 Å². The van der Waals surface area contributed by atoms with Crippen molar-refractivity contribution in [3.8, 4) is 0 Å². The fourth-order valence-corrected chi connectivity index (χ4v) is 0.348. The van der Waals surface area contributed by atoms with Crippen molar-refractivity contribution in [1.82, 2.24) is 0 Å². The highest BCUT2D eigenvalue weighted by Crippen LogP contribution is 1.99. The highest BCUT2D eigenvalue weighted by atomic mass is 16.3. The molecule has 9 heavy (non-hydrogen) atoms. The first-order valence-corrected chi connectivity index (χ1v) is 2.67. The monoisotopic (exact) mass is 133 g/mol. The highest BCUT2D eigenvalue weighted by Gasteiger charge is 2.17. The second-order valence-electron chi connectivity index (χ2n) is 1.94. The summed E-state index contributed by atoms with van der Waals surface area (Å²) in [6, 6.07) is 0. The number of nitrogens with two attached hydrogens (primary N) is 1. The number of aliphatic hydroxyl groups is 2. The van der Waals surface area contributed by atoms with Gasteiger partial charge >= 0.3 is 0 Å². The van der Waals surface area contributed by atoms with Crippen LogP contribution in [0, 0.1) is 5.92 Å². The van der Waals surface area contributed by atoms with Gasteiger partial charge in [-0.05, 0) is 0 Å². The predicted octanol–water partition coefficient (Wildman–Crippen LogP) is -1.54. The molecule has 0 saturated carbocycles. The molecule has 0 aliphatic carbocycles. The van der Waals surface area contributed by atoms with Crippen molar-refractivity contribution >= 4 is 5.91 Å². The third-order valence-electron chi connectivity index (χ3n) is 1.21. The van der Waals surface area contributed by atoms with Crippen molar-refractivity contribution in [3.63, 3.8) is 0 Å². The minimum Gasteiger partial charge on any atom is -0.394 e. The number of primary amides is 1. The quantitative estimate of drug-likeness (QED) is 0.436. The molecule has 54 valence electrons. The number of rotatable bonds is 3. The minimum atomic E-state index is -1.03. The van der Waals surface area contributed by atoms with Gasteiger partial charge in [0.15, 0.2) is 0 Å². The minimum absolute atomic E-state index is 0.426. The van der Waals surface area contributed by atoms with Crippen LogP contribution in [0.25, 0.3) is 0 Å². The van der Waals surface area contributed by atoms with Gasteiger partial charge in [-0.1, -0.05) is 6.92 Å². The Morgan fingerprint density at radius 1 is 1.78 bits per heavy atom. The summed E-state index contributed by atoms with van der Waals surface area (Å²) in [6.07, 6.45) is -1.03. The molecule has 4 nitrogen and oxygen atoms in total. The van der Waals surface area contributed by atoms with Gasteiger partial charge in [-0.2, -0.15) is 0 Å². The third kappa shape index (κ3) is 2.43. The average molecular weight is 133 g/mol. The summed E-state index contributed by atoms with van der Waals surface area (Å²) >= 11 is 0. The average Bonchev–Trinajstić information content (AvgIpc) is 1.84. The fraction of sp³-hybridized carbons (Fsp3) is 0.800. The van der Waals surface area contributed by atoms with E-state index in [1.165, 1.54) is 6.92 Å². The van der Waals surface area contributed by atoms with Gasteiger partial charge in [0, 0.05) is 0 Å². The number of aliphatic hydroxyl groups excluding tert-OH is 2. The van der Waals surface area contributed by atoms with Crippen LogP contribution in [-0.2, 0) is 4.79 Å². The van der Waals surface area contributed by atoms with Crippen molar-refractivity contribution in [2.24, 2.45) is 11.7 Å². The maximum Gasteiger partial charge on any atom is 0.222 e. The molecule has 0 spiro atoms. The molecule has 1 amide bonds. The summed E-state index contributed by atoms with van der Waals surface area (Å²) in [5, 5.41) is 17.0. The summed E-state index contributed by atoms with van der Waals surface area (Å²) in [5.74, 6) is -1.27. The molecule has 0 rings (SSSR count). The lowest BCUT2D eigenvalue weighted by atomic mass is 10.1. The van der Waals surface area contributed by atoms with Crippen molar-refractivity contribution in [3.05, 3.63) is 0 Å². The van der Waals surface area contributed by atoms with Crippen molar-refractivity contribution in [2.75, 3.05) is 6.61 Å². The first kappa shape index (κ1) is 8.39. The summed E-state index contributed by atoms with van der Waals surface area (Å²) in [5.41, 5.74) is 4.80. The molecule has 0 heterocycles. The molecule has 2 unspecified atom stereocenters. The van der Waals surface area contributed by atoms with Crippen LogP contribution in [0.15, 0.2) is 0 Å². The topological polar surface area (TPSA) is 83.6 Å². The number of hydrogen-bond acceptors (Lipinski definition) is 3. The maximum atomic E-state index is 10.3. The Morgan fingerprint density at radius 3 is 2.33 bits per heavy atom. The molecule has 0 aliphatic heterocycles. The molecule has 4 heteroatoms. The highest BCUT2D eigenvalue weighted by molar-refractivity contribution is 5.76. The SMILES string of the molecule is CC(C(N)=O)C(O)CO. The Labute approximate surface area is 53.3 Å². The van der Waals surface area contributed by atoms with E-state index in [2.05, 4.69) is 0 Å². The number of amides is 1. The summed E-state index contributed by atoms with van der Waals surface area (Å²) in [7, 11) is 0. The first-order valence-electron chi connectivity index (χ1n) is 2.67. The van der Waals surface area contributed by atoms with E-state index >= 15 is 0 Å². The van der Waals surface area contributed by atoms with Gasteiger partial charge in [0.05, 0.1) is 18.6 Å². The Balaban J connectivity index is 3.72. The van der Waals surface area contributed by atoms with Crippen molar-refractivity contribution < 1.29 is 15.0 Å². The fourth-order valence-electron chi connectivity index (χ4n) is 0.348. The predicted molar refractivity (Wildman–Crippen MR) is 31.5 cm³/mol. The van der Waals surface area contributed by atoms with Crippen LogP contribution in [-0.4, -0.2) is 28.8 Å². The second kappa shape index (κ2) is 3.42. The van der Waals surface area contributed by atoms with E-state index in [1.807, 2.05) is 0 Å². The zero-order valence-electron chi connectivity index (χ0n) is 5.24. The molecule has 2 atom stereocenters. The Morgan fingerprint density at radius 2 is 2.22 bits per heavy atom. The van der Waals surface area contributed by atoms with Crippen LogP contribution in [0.4, 0.5) is 0 Å². The molecule has 0 aromatic heterocycles. The summed E-state index contributed by atoms with van der Waals surface area (Å²) < 4.78 is 0. The Hall–Kier alpha value is -0.610. The molecule has 0 radical (unpaired) electrons. The molecule has 0 bridgehead atoms. The molecule has 0 saturated heterocycles. The lowest BCUT2D eigenvalue weighted by Crippen LogP contribution is -2.33.